The first kappa shape index (κ1) is 17.7. The summed E-state index contributed by atoms with van der Waals surface area (Å²) in [6, 6.07) is 10.5. The zero-order valence-electron chi connectivity index (χ0n) is 14.6. The van der Waals surface area contributed by atoms with Gasteiger partial charge < -0.3 is 9.80 Å². The van der Waals surface area contributed by atoms with Crippen LogP contribution in [0.3, 0.4) is 0 Å². The van der Waals surface area contributed by atoms with E-state index in [1.165, 1.54) is 0 Å². The molecule has 0 spiro atoms. The lowest BCUT2D eigenvalue weighted by Gasteiger charge is -2.34. The van der Waals surface area contributed by atoms with Crippen LogP contribution in [0.5, 0.6) is 0 Å². The number of sulfonamides is 1. The third kappa shape index (κ3) is 4.29. The molecule has 1 N–H and O–H groups in total. The Morgan fingerprint density at radius 3 is 2.48 bits per heavy atom. The molecule has 1 aliphatic rings. The van der Waals surface area contributed by atoms with Gasteiger partial charge in [-0.2, -0.15) is 0 Å². The van der Waals surface area contributed by atoms with Crippen LogP contribution in [0.25, 0.3) is 0 Å². The number of piperazine rings is 1. The number of nitrogens with zero attached hydrogens (tertiary/aromatic N) is 3. The lowest BCUT2D eigenvalue weighted by Crippen LogP contribution is -2.46. The molecule has 1 aromatic carbocycles. The van der Waals surface area contributed by atoms with Gasteiger partial charge in [0.2, 0.25) is 0 Å². The molecule has 0 saturated carbocycles. The van der Waals surface area contributed by atoms with Crippen molar-refractivity contribution in [1.82, 2.24) is 9.88 Å². The van der Waals surface area contributed by atoms with E-state index in [0.29, 0.717) is 5.69 Å². The van der Waals surface area contributed by atoms with Gasteiger partial charge in [-0.05, 0) is 43.3 Å². The fraction of sp³-hybridized carbons (Fsp3) is 0.389. The first-order chi connectivity index (χ1) is 12.0. The largest absolute Gasteiger partial charge is 0.354 e. The lowest BCUT2D eigenvalue weighted by atomic mass is 10.2. The molecular weight excluding hydrogens is 336 g/mol. The molecule has 7 heteroatoms. The summed E-state index contributed by atoms with van der Waals surface area (Å²) in [6.07, 6.45) is 1.58. The van der Waals surface area contributed by atoms with Gasteiger partial charge in [-0.15, -0.1) is 0 Å². The summed E-state index contributed by atoms with van der Waals surface area (Å²) < 4.78 is 27.5. The van der Waals surface area contributed by atoms with Crippen LogP contribution in [0.1, 0.15) is 12.5 Å². The van der Waals surface area contributed by atoms with Crippen LogP contribution in [0, 0.1) is 6.92 Å². The average Bonchev–Trinajstić information content (AvgIpc) is 2.62. The summed E-state index contributed by atoms with van der Waals surface area (Å²) in [5.74, 6) is 0.884. The highest BCUT2D eigenvalue weighted by molar-refractivity contribution is 7.92. The van der Waals surface area contributed by atoms with Crippen LogP contribution in [0.2, 0.25) is 0 Å². The van der Waals surface area contributed by atoms with Crippen molar-refractivity contribution >= 4 is 21.5 Å². The summed E-state index contributed by atoms with van der Waals surface area (Å²) in [7, 11) is -3.59. The highest BCUT2D eigenvalue weighted by Gasteiger charge is 2.18. The maximum atomic E-state index is 12.5. The van der Waals surface area contributed by atoms with Crippen LogP contribution in [0.4, 0.5) is 11.5 Å². The Kier molecular flexibility index (Phi) is 5.24. The smallest absolute Gasteiger partial charge is 0.261 e. The van der Waals surface area contributed by atoms with Crippen LogP contribution in [-0.4, -0.2) is 51.0 Å². The number of benzene rings is 1. The number of nitrogens with one attached hydrogen (secondary N) is 1. The third-order valence-electron chi connectivity index (χ3n) is 4.44. The number of hydrogen-bond donors (Lipinski definition) is 1. The summed E-state index contributed by atoms with van der Waals surface area (Å²) in [5.41, 5.74) is 1.38. The lowest BCUT2D eigenvalue weighted by molar-refractivity contribution is 0.270. The molecule has 2 heterocycles. The molecule has 6 nitrogen and oxygen atoms in total. The standard InChI is InChI=1S/C18H24N4O2S/c1-3-21-9-11-22(12-10-21)18-8-7-16(14-19-18)20-25(23,24)17-6-4-5-15(2)13-17/h4-8,13-14,20H,3,9-12H2,1-2H3. The van der Waals surface area contributed by atoms with Gasteiger partial charge in [-0.25, -0.2) is 13.4 Å². The fourth-order valence-electron chi connectivity index (χ4n) is 2.92. The topological polar surface area (TPSA) is 65.5 Å². The van der Waals surface area contributed by atoms with Crippen LogP contribution >= 0.6 is 0 Å². The third-order valence-corrected chi connectivity index (χ3v) is 5.82. The predicted octanol–water partition coefficient (Wildman–Crippen LogP) is 2.33. The maximum absolute atomic E-state index is 12.5. The Labute approximate surface area is 149 Å². The number of likely N-dealkylation sites (N-methyl/N-ethyl adjacent to an activating group) is 1. The number of pyridine rings is 1. The summed E-state index contributed by atoms with van der Waals surface area (Å²) in [5, 5.41) is 0. The van der Waals surface area contributed by atoms with Gasteiger partial charge in [-0.1, -0.05) is 19.1 Å². The Hall–Kier alpha value is -2.12. The first-order valence-electron chi connectivity index (χ1n) is 8.51. The molecule has 0 atom stereocenters. The molecule has 1 saturated heterocycles. The second kappa shape index (κ2) is 7.41. The molecule has 134 valence electrons. The van der Waals surface area contributed by atoms with Crippen LogP contribution < -0.4 is 9.62 Å². The molecular formula is C18H24N4O2S. The summed E-state index contributed by atoms with van der Waals surface area (Å²) in [4.78, 5) is 9.32. The van der Waals surface area contributed by atoms with E-state index < -0.39 is 10.0 Å². The fourth-order valence-corrected chi connectivity index (χ4v) is 4.07. The zero-order valence-corrected chi connectivity index (χ0v) is 15.5. The quantitative estimate of drug-likeness (QED) is 0.886. The second-order valence-corrected chi connectivity index (χ2v) is 7.93. The Balaban J connectivity index is 1.68. The van der Waals surface area contributed by atoms with E-state index in [-0.39, 0.29) is 4.90 Å². The molecule has 1 fully saturated rings. The highest BCUT2D eigenvalue weighted by Crippen LogP contribution is 2.19. The molecule has 0 bridgehead atoms. The zero-order chi connectivity index (χ0) is 17.9. The van der Waals surface area contributed by atoms with E-state index in [1.807, 2.05) is 19.1 Å². The monoisotopic (exact) mass is 360 g/mol. The van der Waals surface area contributed by atoms with E-state index in [9.17, 15) is 8.42 Å². The minimum atomic E-state index is -3.59. The predicted molar refractivity (Wildman–Crippen MR) is 101 cm³/mol. The van der Waals surface area contributed by atoms with Crippen molar-refractivity contribution in [2.45, 2.75) is 18.7 Å². The van der Waals surface area contributed by atoms with Gasteiger partial charge in [0.15, 0.2) is 0 Å². The first-order valence-corrected chi connectivity index (χ1v) is 9.99. The van der Waals surface area contributed by atoms with Crippen molar-refractivity contribution in [3.63, 3.8) is 0 Å². The number of anilines is 2. The molecule has 0 radical (unpaired) electrons. The van der Waals surface area contributed by atoms with Gasteiger partial charge in [0.25, 0.3) is 10.0 Å². The Morgan fingerprint density at radius 1 is 1.12 bits per heavy atom. The maximum Gasteiger partial charge on any atom is 0.261 e. The second-order valence-electron chi connectivity index (χ2n) is 6.25. The van der Waals surface area contributed by atoms with Crippen LogP contribution in [0.15, 0.2) is 47.5 Å². The van der Waals surface area contributed by atoms with Crippen molar-refractivity contribution in [1.29, 1.82) is 0 Å². The van der Waals surface area contributed by atoms with Gasteiger partial charge >= 0.3 is 0 Å². The minimum absolute atomic E-state index is 0.257. The Bertz CT molecular complexity index is 813. The SMILES string of the molecule is CCN1CCN(c2ccc(NS(=O)(=O)c3cccc(C)c3)cn2)CC1. The van der Waals surface area contributed by atoms with E-state index in [0.717, 1.165) is 44.1 Å². The van der Waals surface area contributed by atoms with Crippen molar-refractivity contribution in [2.75, 3.05) is 42.3 Å². The minimum Gasteiger partial charge on any atom is -0.354 e. The number of aryl methyl sites for hydroxylation is 1. The van der Waals surface area contributed by atoms with Gasteiger partial charge in [0.05, 0.1) is 16.8 Å². The highest BCUT2D eigenvalue weighted by atomic mass is 32.2. The van der Waals surface area contributed by atoms with Gasteiger partial charge in [0, 0.05) is 26.2 Å². The van der Waals surface area contributed by atoms with Crippen molar-refractivity contribution < 1.29 is 8.42 Å². The molecule has 25 heavy (non-hydrogen) atoms. The van der Waals surface area contributed by atoms with E-state index in [2.05, 4.69) is 26.4 Å². The normalized spacial score (nSPS) is 16.0. The van der Waals surface area contributed by atoms with Gasteiger partial charge in [0.1, 0.15) is 5.82 Å². The van der Waals surface area contributed by atoms with E-state index in [1.54, 1.807) is 30.5 Å². The van der Waals surface area contributed by atoms with E-state index >= 15 is 0 Å². The molecule has 0 unspecified atom stereocenters. The summed E-state index contributed by atoms with van der Waals surface area (Å²) in [6.45, 7) is 9.04. The Morgan fingerprint density at radius 2 is 1.88 bits per heavy atom. The van der Waals surface area contributed by atoms with Crippen molar-refractivity contribution in [3.8, 4) is 0 Å². The van der Waals surface area contributed by atoms with E-state index in [4.69, 9.17) is 0 Å². The average molecular weight is 360 g/mol. The number of rotatable bonds is 5. The van der Waals surface area contributed by atoms with Crippen molar-refractivity contribution in [2.24, 2.45) is 0 Å². The molecule has 0 aliphatic carbocycles. The number of aromatic nitrogens is 1. The number of hydrogen-bond acceptors (Lipinski definition) is 5. The molecule has 2 aromatic rings. The molecule has 0 amide bonds. The van der Waals surface area contributed by atoms with Crippen molar-refractivity contribution in [3.05, 3.63) is 48.2 Å². The molecule has 1 aliphatic heterocycles. The molecule has 3 rings (SSSR count). The molecule has 1 aromatic heterocycles. The summed E-state index contributed by atoms with van der Waals surface area (Å²) >= 11 is 0. The van der Waals surface area contributed by atoms with Crippen LogP contribution in [-0.2, 0) is 10.0 Å². The van der Waals surface area contributed by atoms with Gasteiger partial charge in [-0.3, -0.25) is 4.72 Å².